The fraction of sp³-hybridized carbons (Fsp3) is 0.0714. The van der Waals surface area contributed by atoms with Crippen LogP contribution >= 0.6 is 0 Å². The van der Waals surface area contributed by atoms with E-state index in [2.05, 4.69) is 0 Å². The van der Waals surface area contributed by atoms with Gasteiger partial charge in [-0.25, -0.2) is 13.2 Å². The standard InChI is InChI=1S/C14H8F3NO2/c15-8-3-2-6-12-13(8)11(19)7-18(20-12)14-9(16)4-1-5-10(14)17/h1-6H,7H2. The molecule has 2 aromatic rings. The molecule has 6 heteroatoms. The summed E-state index contributed by atoms with van der Waals surface area (Å²) in [5, 5.41) is 0.786. The lowest BCUT2D eigenvalue weighted by atomic mass is 10.1. The SMILES string of the molecule is O=C1CN(c2c(F)cccc2F)Oc2cccc(F)c21. The van der Waals surface area contributed by atoms with Gasteiger partial charge in [-0.3, -0.25) is 4.79 Å². The lowest BCUT2D eigenvalue weighted by Gasteiger charge is -2.29. The van der Waals surface area contributed by atoms with E-state index in [1.807, 2.05) is 0 Å². The number of Topliss-reactive ketones (excluding diaryl/α,β-unsaturated/α-hetero) is 1. The summed E-state index contributed by atoms with van der Waals surface area (Å²) >= 11 is 0. The first-order valence-corrected chi connectivity index (χ1v) is 5.79. The maximum Gasteiger partial charge on any atom is 0.192 e. The molecule has 1 aliphatic heterocycles. The molecule has 0 saturated carbocycles. The van der Waals surface area contributed by atoms with Gasteiger partial charge in [0.15, 0.2) is 23.2 Å². The second kappa shape index (κ2) is 4.56. The highest BCUT2D eigenvalue weighted by atomic mass is 19.1. The number of nitrogens with zero attached hydrogens (tertiary/aromatic N) is 1. The number of carbonyl (C=O) groups excluding carboxylic acids is 1. The Morgan fingerprint density at radius 2 is 1.55 bits per heavy atom. The van der Waals surface area contributed by atoms with Gasteiger partial charge in [0.25, 0.3) is 0 Å². The highest BCUT2D eigenvalue weighted by Crippen LogP contribution is 2.32. The summed E-state index contributed by atoms with van der Waals surface area (Å²) in [6.45, 7) is -0.466. The summed E-state index contributed by atoms with van der Waals surface area (Å²) in [5.74, 6) is -3.12. The highest BCUT2D eigenvalue weighted by Gasteiger charge is 2.30. The van der Waals surface area contributed by atoms with Gasteiger partial charge < -0.3 is 4.84 Å². The summed E-state index contributed by atoms with van der Waals surface area (Å²) in [4.78, 5) is 17.1. The van der Waals surface area contributed by atoms with Crippen molar-refractivity contribution >= 4 is 11.5 Å². The number of carbonyl (C=O) groups is 1. The molecule has 2 aromatic carbocycles. The van der Waals surface area contributed by atoms with Crippen LogP contribution in [0.25, 0.3) is 0 Å². The van der Waals surface area contributed by atoms with Crippen molar-refractivity contribution in [1.29, 1.82) is 0 Å². The van der Waals surface area contributed by atoms with E-state index >= 15 is 0 Å². The van der Waals surface area contributed by atoms with E-state index in [9.17, 15) is 18.0 Å². The fourth-order valence-electron chi connectivity index (χ4n) is 2.06. The van der Waals surface area contributed by atoms with Gasteiger partial charge in [-0.05, 0) is 24.3 Å². The molecule has 0 fully saturated rings. The van der Waals surface area contributed by atoms with Crippen LogP contribution in [0.3, 0.4) is 0 Å². The van der Waals surface area contributed by atoms with Crippen LogP contribution < -0.4 is 9.90 Å². The first-order chi connectivity index (χ1) is 9.58. The molecule has 0 amide bonds. The predicted molar refractivity (Wildman–Crippen MR) is 65.1 cm³/mol. The summed E-state index contributed by atoms with van der Waals surface area (Å²) in [7, 11) is 0. The Morgan fingerprint density at radius 1 is 0.950 bits per heavy atom. The van der Waals surface area contributed by atoms with Crippen LogP contribution in [0, 0.1) is 17.5 Å². The highest BCUT2D eigenvalue weighted by molar-refractivity contribution is 6.02. The number of hydroxylamine groups is 1. The number of para-hydroxylation sites is 1. The Bertz CT molecular complexity index is 683. The molecule has 0 unspecified atom stereocenters. The molecule has 0 aliphatic carbocycles. The zero-order chi connectivity index (χ0) is 14.3. The number of anilines is 1. The van der Waals surface area contributed by atoms with Crippen LogP contribution in [-0.2, 0) is 0 Å². The Kier molecular flexibility index (Phi) is 2.85. The van der Waals surface area contributed by atoms with Gasteiger partial charge in [0.1, 0.15) is 23.6 Å². The minimum atomic E-state index is -0.863. The van der Waals surface area contributed by atoms with Gasteiger partial charge in [0, 0.05) is 0 Å². The van der Waals surface area contributed by atoms with Crippen LogP contribution in [0.1, 0.15) is 10.4 Å². The Balaban J connectivity index is 2.06. The minimum Gasteiger partial charge on any atom is -0.378 e. The molecule has 20 heavy (non-hydrogen) atoms. The second-order valence-corrected chi connectivity index (χ2v) is 4.23. The van der Waals surface area contributed by atoms with E-state index in [1.165, 1.54) is 18.2 Å². The van der Waals surface area contributed by atoms with Crippen molar-refractivity contribution in [3.8, 4) is 5.75 Å². The molecule has 3 nitrogen and oxygen atoms in total. The largest absolute Gasteiger partial charge is 0.378 e. The van der Waals surface area contributed by atoms with Crippen molar-refractivity contribution in [2.45, 2.75) is 0 Å². The topological polar surface area (TPSA) is 29.5 Å². The molecule has 0 saturated heterocycles. The number of hydrogen-bond acceptors (Lipinski definition) is 3. The normalized spacial score (nSPS) is 13.9. The van der Waals surface area contributed by atoms with Crippen molar-refractivity contribution in [2.24, 2.45) is 0 Å². The zero-order valence-electron chi connectivity index (χ0n) is 10.1. The lowest BCUT2D eigenvalue weighted by Crippen LogP contribution is -2.39. The molecular weight excluding hydrogens is 271 g/mol. The minimum absolute atomic E-state index is 0.0658. The van der Waals surface area contributed by atoms with Gasteiger partial charge >= 0.3 is 0 Å². The summed E-state index contributed by atoms with van der Waals surface area (Å²) in [6, 6.07) is 7.14. The average Bonchev–Trinajstić information content (AvgIpc) is 2.38. The monoisotopic (exact) mass is 279 g/mol. The number of benzene rings is 2. The number of ketones is 1. The maximum absolute atomic E-state index is 13.7. The Morgan fingerprint density at radius 3 is 2.25 bits per heavy atom. The van der Waals surface area contributed by atoms with Gasteiger partial charge in [-0.1, -0.05) is 12.1 Å². The van der Waals surface area contributed by atoms with Gasteiger partial charge in [-0.15, -0.1) is 0 Å². The van der Waals surface area contributed by atoms with Crippen LogP contribution in [0.15, 0.2) is 36.4 Å². The van der Waals surface area contributed by atoms with Crippen molar-refractivity contribution in [3.05, 3.63) is 59.4 Å². The average molecular weight is 279 g/mol. The third-order valence-electron chi connectivity index (χ3n) is 2.94. The molecular formula is C14H8F3NO2. The maximum atomic E-state index is 13.7. The fourth-order valence-corrected chi connectivity index (χ4v) is 2.06. The van der Waals surface area contributed by atoms with E-state index in [4.69, 9.17) is 4.84 Å². The molecule has 1 aliphatic rings. The van der Waals surface area contributed by atoms with Crippen LogP contribution in [-0.4, -0.2) is 12.3 Å². The molecule has 0 aromatic heterocycles. The van der Waals surface area contributed by atoms with Crippen LogP contribution in [0.2, 0.25) is 0 Å². The van der Waals surface area contributed by atoms with Gasteiger partial charge in [0.05, 0.1) is 0 Å². The molecule has 0 radical (unpaired) electrons. The summed E-state index contributed by atoms with van der Waals surface area (Å²) < 4.78 is 40.9. The quantitative estimate of drug-likeness (QED) is 0.803. The Labute approximate surface area is 112 Å². The molecule has 0 atom stereocenters. The smallest absolute Gasteiger partial charge is 0.192 e. The van der Waals surface area contributed by atoms with Gasteiger partial charge in [0.2, 0.25) is 0 Å². The molecule has 1 heterocycles. The van der Waals surface area contributed by atoms with Crippen LogP contribution in [0.4, 0.5) is 18.9 Å². The number of rotatable bonds is 1. The lowest BCUT2D eigenvalue weighted by molar-refractivity contribution is 0.0934. The predicted octanol–water partition coefficient (Wildman–Crippen LogP) is 3.10. The zero-order valence-corrected chi connectivity index (χ0v) is 10.1. The molecule has 102 valence electrons. The third kappa shape index (κ3) is 1.89. The molecule has 3 rings (SSSR count). The summed E-state index contributed by atoms with van der Waals surface area (Å²) in [6.07, 6.45) is 0. The van der Waals surface area contributed by atoms with E-state index in [0.29, 0.717) is 0 Å². The molecule has 0 spiro atoms. The van der Waals surface area contributed by atoms with E-state index in [1.54, 1.807) is 0 Å². The number of halogens is 3. The van der Waals surface area contributed by atoms with Crippen molar-refractivity contribution in [2.75, 3.05) is 11.6 Å². The second-order valence-electron chi connectivity index (χ2n) is 4.23. The van der Waals surface area contributed by atoms with Crippen molar-refractivity contribution in [3.63, 3.8) is 0 Å². The first-order valence-electron chi connectivity index (χ1n) is 5.79. The Hall–Kier alpha value is -2.50. The number of hydrogen-bond donors (Lipinski definition) is 0. The first kappa shape index (κ1) is 12.5. The molecule has 0 bridgehead atoms. The van der Waals surface area contributed by atoms with Gasteiger partial charge in [-0.2, -0.15) is 5.06 Å². The van der Waals surface area contributed by atoms with Crippen molar-refractivity contribution < 1.29 is 22.8 Å². The summed E-state index contributed by atoms with van der Waals surface area (Å²) in [5.41, 5.74) is -0.684. The van der Waals surface area contributed by atoms with Crippen LogP contribution in [0.5, 0.6) is 5.75 Å². The van der Waals surface area contributed by atoms with E-state index in [-0.39, 0.29) is 11.3 Å². The molecule has 0 N–H and O–H groups in total. The van der Waals surface area contributed by atoms with E-state index < -0.39 is 35.5 Å². The third-order valence-corrected chi connectivity index (χ3v) is 2.94. The van der Waals surface area contributed by atoms with Crippen molar-refractivity contribution in [1.82, 2.24) is 0 Å². The van der Waals surface area contributed by atoms with E-state index in [0.717, 1.165) is 23.3 Å². The number of fused-ring (bicyclic) bond motifs is 1.